The fraction of sp³-hybridized carbons (Fsp3) is 0.467. The van der Waals surface area contributed by atoms with Gasteiger partial charge in [0.2, 0.25) is 0 Å². The SMILES string of the molecule is Br.CC1CC(c2coc3c(O)cccc23)CCN1C.O. The van der Waals surface area contributed by atoms with Crippen LogP contribution in [0, 0.1) is 0 Å². The lowest BCUT2D eigenvalue weighted by Crippen LogP contribution is -2.36. The average Bonchev–Trinajstić information content (AvgIpc) is 2.78. The molecule has 1 aliphatic rings. The largest absolute Gasteiger partial charge is 0.504 e. The summed E-state index contributed by atoms with van der Waals surface area (Å²) in [6.45, 7) is 3.39. The molecule has 2 aromatic rings. The Labute approximate surface area is 129 Å². The van der Waals surface area contributed by atoms with E-state index >= 15 is 0 Å². The molecule has 0 radical (unpaired) electrons. The van der Waals surface area contributed by atoms with Gasteiger partial charge in [-0.1, -0.05) is 12.1 Å². The maximum Gasteiger partial charge on any atom is 0.175 e. The molecule has 1 aromatic heterocycles. The molecule has 3 rings (SSSR count). The normalized spacial score (nSPS) is 23.1. The quantitative estimate of drug-likeness (QED) is 0.864. The summed E-state index contributed by atoms with van der Waals surface area (Å²) in [6.07, 6.45) is 4.14. The maximum atomic E-state index is 9.77. The smallest absolute Gasteiger partial charge is 0.175 e. The number of hydrogen-bond donors (Lipinski definition) is 1. The van der Waals surface area contributed by atoms with Crippen LogP contribution < -0.4 is 0 Å². The third kappa shape index (κ3) is 2.85. The zero-order chi connectivity index (χ0) is 12.7. The van der Waals surface area contributed by atoms with Gasteiger partial charge in [-0.3, -0.25) is 0 Å². The second-order valence-electron chi connectivity index (χ2n) is 5.40. The standard InChI is InChI=1S/C15H19NO2.BrH.H2O/c1-10-8-11(6-7-16(10)2)13-9-18-15-12(13)4-3-5-14(15)17;;/h3-5,9-11,17H,6-8H2,1-2H3;1H;1H2. The molecule has 0 amide bonds. The number of rotatable bonds is 1. The van der Waals surface area contributed by atoms with E-state index in [1.807, 2.05) is 18.4 Å². The zero-order valence-electron chi connectivity index (χ0n) is 11.8. The first kappa shape index (κ1) is 17.0. The van der Waals surface area contributed by atoms with Crippen molar-refractivity contribution in [2.45, 2.75) is 31.7 Å². The number of aromatic hydroxyl groups is 1. The van der Waals surface area contributed by atoms with Crippen LogP contribution in [-0.2, 0) is 0 Å². The monoisotopic (exact) mass is 343 g/mol. The first-order valence-electron chi connectivity index (χ1n) is 6.56. The minimum absolute atomic E-state index is 0. The van der Waals surface area contributed by atoms with Crippen LogP contribution in [0.25, 0.3) is 11.0 Å². The summed E-state index contributed by atoms with van der Waals surface area (Å²) in [6, 6.07) is 6.20. The first-order valence-corrected chi connectivity index (χ1v) is 6.56. The summed E-state index contributed by atoms with van der Waals surface area (Å²) >= 11 is 0. The Morgan fingerprint density at radius 1 is 1.35 bits per heavy atom. The number of fused-ring (bicyclic) bond motifs is 1. The van der Waals surface area contributed by atoms with Crippen molar-refractivity contribution in [3.05, 3.63) is 30.0 Å². The molecular formula is C15H22BrNO3. The highest BCUT2D eigenvalue weighted by atomic mass is 79.9. The van der Waals surface area contributed by atoms with E-state index in [9.17, 15) is 5.11 Å². The molecule has 2 atom stereocenters. The van der Waals surface area contributed by atoms with E-state index in [0.717, 1.165) is 24.8 Å². The predicted octanol–water partition coefficient (Wildman–Crippen LogP) is 3.09. The molecule has 1 aliphatic heterocycles. The van der Waals surface area contributed by atoms with Crippen molar-refractivity contribution in [2.24, 2.45) is 0 Å². The van der Waals surface area contributed by atoms with Gasteiger partial charge in [-0.15, -0.1) is 17.0 Å². The van der Waals surface area contributed by atoms with Crippen molar-refractivity contribution in [1.29, 1.82) is 0 Å². The van der Waals surface area contributed by atoms with Gasteiger partial charge in [-0.2, -0.15) is 0 Å². The Bertz CT molecular complexity index is 569. The minimum Gasteiger partial charge on any atom is -0.504 e. The summed E-state index contributed by atoms with van der Waals surface area (Å²) in [5, 5.41) is 10.8. The van der Waals surface area contributed by atoms with Gasteiger partial charge < -0.3 is 19.9 Å². The zero-order valence-corrected chi connectivity index (χ0v) is 13.5. The molecule has 20 heavy (non-hydrogen) atoms. The second kappa shape index (κ2) is 6.61. The Morgan fingerprint density at radius 3 is 2.80 bits per heavy atom. The number of benzene rings is 1. The molecular weight excluding hydrogens is 322 g/mol. The third-order valence-electron chi connectivity index (χ3n) is 4.26. The van der Waals surface area contributed by atoms with E-state index in [0.29, 0.717) is 17.5 Å². The molecule has 5 heteroatoms. The van der Waals surface area contributed by atoms with Crippen LogP contribution in [0.3, 0.4) is 0 Å². The molecule has 1 saturated heterocycles. The lowest BCUT2D eigenvalue weighted by atomic mass is 9.86. The number of hydrogen-bond acceptors (Lipinski definition) is 3. The fourth-order valence-corrected chi connectivity index (χ4v) is 2.95. The van der Waals surface area contributed by atoms with E-state index in [2.05, 4.69) is 18.9 Å². The number of phenolic OH excluding ortho intramolecular Hbond substituents is 1. The Kier molecular flexibility index (Phi) is 5.62. The summed E-state index contributed by atoms with van der Waals surface area (Å²) in [5.74, 6) is 0.777. The van der Waals surface area contributed by atoms with Crippen molar-refractivity contribution in [2.75, 3.05) is 13.6 Å². The van der Waals surface area contributed by atoms with Crippen molar-refractivity contribution >= 4 is 28.0 Å². The van der Waals surface area contributed by atoms with Crippen LogP contribution in [0.2, 0.25) is 0 Å². The van der Waals surface area contributed by atoms with Gasteiger partial charge in [0, 0.05) is 17.0 Å². The van der Waals surface area contributed by atoms with Crippen LogP contribution >= 0.6 is 17.0 Å². The van der Waals surface area contributed by atoms with Crippen molar-refractivity contribution < 1.29 is 15.0 Å². The number of furan rings is 1. The molecule has 1 aromatic carbocycles. The van der Waals surface area contributed by atoms with Crippen LogP contribution in [0.15, 0.2) is 28.9 Å². The van der Waals surface area contributed by atoms with Crippen LogP contribution in [-0.4, -0.2) is 35.1 Å². The molecule has 1 fully saturated rings. The number of piperidine rings is 1. The highest BCUT2D eigenvalue weighted by molar-refractivity contribution is 8.93. The Hall–Kier alpha value is -1.04. The number of nitrogens with zero attached hydrogens (tertiary/aromatic N) is 1. The molecule has 2 unspecified atom stereocenters. The van der Waals surface area contributed by atoms with Gasteiger partial charge in [-0.25, -0.2) is 0 Å². The Balaban J connectivity index is 0.000001000. The van der Waals surface area contributed by atoms with Gasteiger partial charge in [-0.05, 0) is 45.3 Å². The molecule has 0 aliphatic carbocycles. The summed E-state index contributed by atoms with van der Waals surface area (Å²) in [4.78, 5) is 2.40. The fourth-order valence-electron chi connectivity index (χ4n) is 2.95. The lowest BCUT2D eigenvalue weighted by Gasteiger charge is -2.34. The van der Waals surface area contributed by atoms with Gasteiger partial charge >= 0.3 is 0 Å². The number of phenols is 1. The van der Waals surface area contributed by atoms with Crippen molar-refractivity contribution in [1.82, 2.24) is 4.90 Å². The van der Waals surface area contributed by atoms with Gasteiger partial charge in [0.15, 0.2) is 11.3 Å². The van der Waals surface area contributed by atoms with Crippen molar-refractivity contribution in [3.8, 4) is 5.75 Å². The van der Waals surface area contributed by atoms with E-state index in [4.69, 9.17) is 4.42 Å². The number of para-hydroxylation sites is 1. The molecule has 3 N–H and O–H groups in total. The summed E-state index contributed by atoms with van der Waals surface area (Å²) < 4.78 is 5.53. The maximum absolute atomic E-state index is 9.77. The second-order valence-corrected chi connectivity index (χ2v) is 5.40. The van der Waals surface area contributed by atoms with E-state index < -0.39 is 0 Å². The predicted molar refractivity (Wildman–Crippen MR) is 85.9 cm³/mol. The van der Waals surface area contributed by atoms with E-state index in [-0.39, 0.29) is 28.2 Å². The van der Waals surface area contributed by atoms with Gasteiger partial charge in [0.25, 0.3) is 0 Å². The highest BCUT2D eigenvalue weighted by Crippen LogP contribution is 2.38. The van der Waals surface area contributed by atoms with Gasteiger partial charge in [0.05, 0.1) is 6.26 Å². The number of halogens is 1. The Morgan fingerprint density at radius 2 is 2.10 bits per heavy atom. The number of likely N-dealkylation sites (tertiary alicyclic amines) is 1. The average molecular weight is 344 g/mol. The van der Waals surface area contributed by atoms with Crippen molar-refractivity contribution in [3.63, 3.8) is 0 Å². The molecule has 112 valence electrons. The van der Waals surface area contributed by atoms with Crippen LogP contribution in [0.5, 0.6) is 5.75 Å². The molecule has 2 heterocycles. The van der Waals surface area contributed by atoms with Crippen LogP contribution in [0.4, 0.5) is 0 Å². The lowest BCUT2D eigenvalue weighted by molar-refractivity contribution is 0.183. The van der Waals surface area contributed by atoms with Gasteiger partial charge in [0.1, 0.15) is 0 Å². The molecule has 0 spiro atoms. The molecule has 4 nitrogen and oxygen atoms in total. The van der Waals surface area contributed by atoms with E-state index in [1.54, 1.807) is 6.07 Å². The molecule has 0 bridgehead atoms. The van der Waals surface area contributed by atoms with E-state index in [1.165, 1.54) is 5.56 Å². The van der Waals surface area contributed by atoms with Crippen LogP contribution in [0.1, 0.15) is 31.2 Å². The minimum atomic E-state index is 0. The summed E-state index contributed by atoms with van der Waals surface area (Å²) in [7, 11) is 2.18. The topological polar surface area (TPSA) is 68.1 Å². The molecule has 0 saturated carbocycles. The summed E-state index contributed by atoms with van der Waals surface area (Å²) in [5.41, 5.74) is 1.87. The first-order chi connectivity index (χ1) is 8.66. The third-order valence-corrected chi connectivity index (χ3v) is 4.26. The highest BCUT2D eigenvalue weighted by Gasteiger charge is 2.26.